The summed E-state index contributed by atoms with van der Waals surface area (Å²) >= 11 is 0. The van der Waals surface area contributed by atoms with E-state index in [2.05, 4.69) is 10.6 Å². The maximum Gasteiger partial charge on any atom is 0.228 e. The van der Waals surface area contributed by atoms with E-state index in [0.29, 0.717) is 24.5 Å². The smallest absolute Gasteiger partial charge is 0.228 e. The van der Waals surface area contributed by atoms with Crippen LogP contribution < -0.4 is 20.1 Å². The van der Waals surface area contributed by atoms with Gasteiger partial charge in [-0.15, -0.1) is 0 Å². The summed E-state index contributed by atoms with van der Waals surface area (Å²) < 4.78 is 10.6. The van der Waals surface area contributed by atoms with E-state index >= 15 is 0 Å². The van der Waals surface area contributed by atoms with Crippen molar-refractivity contribution >= 4 is 17.3 Å². The second-order valence-corrected chi connectivity index (χ2v) is 6.83. The van der Waals surface area contributed by atoms with E-state index in [1.165, 1.54) is 5.56 Å². The third kappa shape index (κ3) is 5.75. The van der Waals surface area contributed by atoms with Gasteiger partial charge in [0.05, 0.1) is 20.6 Å². The molecule has 29 heavy (non-hydrogen) atoms. The van der Waals surface area contributed by atoms with Crippen LogP contribution in [0, 0.1) is 6.92 Å². The molecule has 0 aliphatic carbocycles. The highest BCUT2D eigenvalue weighted by Crippen LogP contribution is 2.28. The number of methoxy groups -OCH3 is 2. The Balaban J connectivity index is 1.53. The minimum Gasteiger partial charge on any atom is -0.493 e. The molecule has 3 aromatic carbocycles. The number of rotatable bonds is 8. The number of nitrogens with one attached hydrogen (secondary N) is 2. The minimum atomic E-state index is -0.0279. The van der Waals surface area contributed by atoms with Crippen molar-refractivity contribution in [1.82, 2.24) is 0 Å². The van der Waals surface area contributed by atoms with Gasteiger partial charge in [0, 0.05) is 17.9 Å². The number of hydrogen-bond donors (Lipinski definition) is 2. The molecule has 0 radical (unpaired) electrons. The summed E-state index contributed by atoms with van der Waals surface area (Å²) in [7, 11) is 3.25. The topological polar surface area (TPSA) is 59.6 Å². The number of carbonyl (C=O) groups excluding carboxylic acids is 1. The van der Waals surface area contributed by atoms with Crippen molar-refractivity contribution < 1.29 is 14.3 Å². The Labute approximate surface area is 171 Å². The first-order valence-electron chi connectivity index (χ1n) is 9.47. The van der Waals surface area contributed by atoms with E-state index in [4.69, 9.17) is 9.47 Å². The fourth-order valence-corrected chi connectivity index (χ4v) is 2.96. The number of benzene rings is 3. The van der Waals surface area contributed by atoms with Crippen LogP contribution in [0.5, 0.6) is 11.5 Å². The van der Waals surface area contributed by atoms with Crippen LogP contribution in [-0.2, 0) is 17.8 Å². The van der Waals surface area contributed by atoms with Gasteiger partial charge in [0.1, 0.15) is 0 Å². The molecule has 0 aromatic heterocycles. The molecular weight excluding hydrogens is 364 g/mol. The van der Waals surface area contributed by atoms with E-state index in [1.807, 2.05) is 73.7 Å². The van der Waals surface area contributed by atoms with Crippen molar-refractivity contribution in [2.75, 3.05) is 24.9 Å². The van der Waals surface area contributed by atoms with Crippen LogP contribution in [0.15, 0.2) is 66.7 Å². The minimum absolute atomic E-state index is 0.0279. The first-order chi connectivity index (χ1) is 14.1. The van der Waals surface area contributed by atoms with Gasteiger partial charge in [0.2, 0.25) is 5.91 Å². The van der Waals surface area contributed by atoms with Gasteiger partial charge in [-0.2, -0.15) is 0 Å². The first-order valence-corrected chi connectivity index (χ1v) is 9.47. The lowest BCUT2D eigenvalue weighted by atomic mass is 10.1. The molecule has 2 N–H and O–H groups in total. The molecule has 3 aromatic rings. The molecule has 0 heterocycles. The molecule has 0 aliphatic rings. The van der Waals surface area contributed by atoms with E-state index in [9.17, 15) is 4.79 Å². The zero-order valence-corrected chi connectivity index (χ0v) is 17.0. The molecule has 0 saturated heterocycles. The van der Waals surface area contributed by atoms with Gasteiger partial charge in [-0.05, 0) is 54.4 Å². The van der Waals surface area contributed by atoms with Crippen LogP contribution in [0.3, 0.4) is 0 Å². The fraction of sp³-hybridized carbons (Fsp3) is 0.208. The SMILES string of the molecule is COc1ccc(CNc2ccc(NC(=O)Cc3ccc(C)cc3)cc2)cc1OC. The van der Waals surface area contributed by atoms with E-state index in [-0.39, 0.29) is 5.91 Å². The largest absolute Gasteiger partial charge is 0.493 e. The van der Waals surface area contributed by atoms with Gasteiger partial charge in [0.15, 0.2) is 11.5 Å². The Bertz CT molecular complexity index is 951. The lowest BCUT2D eigenvalue weighted by molar-refractivity contribution is -0.115. The van der Waals surface area contributed by atoms with E-state index < -0.39 is 0 Å². The highest BCUT2D eigenvalue weighted by Gasteiger charge is 2.06. The normalized spacial score (nSPS) is 10.3. The van der Waals surface area contributed by atoms with Gasteiger partial charge < -0.3 is 20.1 Å². The average Bonchev–Trinajstić information content (AvgIpc) is 2.74. The second-order valence-electron chi connectivity index (χ2n) is 6.83. The number of ether oxygens (including phenoxy) is 2. The van der Waals surface area contributed by atoms with Crippen molar-refractivity contribution in [2.24, 2.45) is 0 Å². The van der Waals surface area contributed by atoms with Gasteiger partial charge in [-0.3, -0.25) is 4.79 Å². The fourth-order valence-electron chi connectivity index (χ4n) is 2.96. The quantitative estimate of drug-likeness (QED) is 0.580. The van der Waals surface area contributed by atoms with E-state index in [1.54, 1.807) is 14.2 Å². The molecule has 0 spiro atoms. The molecule has 1 amide bonds. The summed E-state index contributed by atoms with van der Waals surface area (Å²) in [6.07, 6.45) is 0.361. The van der Waals surface area contributed by atoms with Crippen molar-refractivity contribution in [1.29, 1.82) is 0 Å². The van der Waals surface area contributed by atoms with Crippen molar-refractivity contribution in [3.05, 3.63) is 83.4 Å². The Kier molecular flexibility index (Phi) is 6.74. The summed E-state index contributed by atoms with van der Waals surface area (Å²) in [5, 5.41) is 6.30. The summed E-state index contributed by atoms with van der Waals surface area (Å²) in [5.74, 6) is 1.39. The van der Waals surface area contributed by atoms with Gasteiger partial charge in [0.25, 0.3) is 0 Å². The molecule has 0 saturated carbocycles. The molecule has 3 rings (SSSR count). The van der Waals surface area contributed by atoms with Crippen LogP contribution in [0.25, 0.3) is 0 Å². The Hall–Kier alpha value is -3.47. The number of aryl methyl sites for hydroxylation is 1. The van der Waals surface area contributed by atoms with Crippen LogP contribution in [0.2, 0.25) is 0 Å². The number of hydrogen-bond acceptors (Lipinski definition) is 4. The number of carbonyl (C=O) groups is 1. The highest BCUT2D eigenvalue weighted by molar-refractivity contribution is 5.92. The van der Waals surface area contributed by atoms with Gasteiger partial charge in [-0.1, -0.05) is 35.9 Å². The Morgan fingerprint density at radius 2 is 1.41 bits per heavy atom. The van der Waals surface area contributed by atoms with Crippen LogP contribution in [-0.4, -0.2) is 20.1 Å². The molecular formula is C24H26N2O3. The summed E-state index contributed by atoms with van der Waals surface area (Å²) in [6, 6.07) is 21.5. The standard InChI is InChI=1S/C24H26N2O3/c1-17-4-6-18(7-5-17)15-24(27)26-21-11-9-20(10-12-21)25-16-19-8-13-22(28-2)23(14-19)29-3/h4-14,25H,15-16H2,1-3H3,(H,26,27). The lowest BCUT2D eigenvalue weighted by Gasteiger charge is -2.11. The molecule has 150 valence electrons. The predicted octanol–water partition coefficient (Wildman–Crippen LogP) is 4.81. The monoisotopic (exact) mass is 390 g/mol. The summed E-state index contributed by atoms with van der Waals surface area (Å²) in [4.78, 5) is 12.2. The number of amides is 1. The van der Waals surface area contributed by atoms with Crippen LogP contribution >= 0.6 is 0 Å². The second kappa shape index (κ2) is 9.64. The molecule has 0 bridgehead atoms. The van der Waals surface area contributed by atoms with Gasteiger partial charge in [-0.25, -0.2) is 0 Å². The third-order valence-corrected chi connectivity index (χ3v) is 4.60. The molecule has 5 heteroatoms. The average molecular weight is 390 g/mol. The first kappa shape index (κ1) is 20.3. The van der Waals surface area contributed by atoms with Crippen LogP contribution in [0.1, 0.15) is 16.7 Å². The third-order valence-electron chi connectivity index (χ3n) is 4.60. The maximum atomic E-state index is 12.2. The van der Waals surface area contributed by atoms with Crippen molar-refractivity contribution in [3.8, 4) is 11.5 Å². The molecule has 5 nitrogen and oxygen atoms in total. The Morgan fingerprint density at radius 3 is 2.07 bits per heavy atom. The Morgan fingerprint density at radius 1 is 0.793 bits per heavy atom. The van der Waals surface area contributed by atoms with Gasteiger partial charge >= 0.3 is 0 Å². The number of anilines is 2. The predicted molar refractivity (Wildman–Crippen MR) is 117 cm³/mol. The van der Waals surface area contributed by atoms with Crippen molar-refractivity contribution in [3.63, 3.8) is 0 Å². The highest BCUT2D eigenvalue weighted by atomic mass is 16.5. The molecule has 0 aliphatic heterocycles. The molecule has 0 fully saturated rings. The zero-order valence-electron chi connectivity index (χ0n) is 17.0. The molecule has 0 unspecified atom stereocenters. The molecule has 0 atom stereocenters. The lowest BCUT2D eigenvalue weighted by Crippen LogP contribution is -2.14. The maximum absolute atomic E-state index is 12.2. The summed E-state index contributed by atoms with van der Waals surface area (Å²) in [6.45, 7) is 2.68. The van der Waals surface area contributed by atoms with E-state index in [0.717, 1.165) is 22.5 Å². The summed E-state index contributed by atoms with van der Waals surface area (Å²) in [5.41, 5.74) is 5.01. The van der Waals surface area contributed by atoms with Crippen molar-refractivity contribution in [2.45, 2.75) is 19.9 Å². The zero-order chi connectivity index (χ0) is 20.6. The van der Waals surface area contributed by atoms with Crippen LogP contribution in [0.4, 0.5) is 11.4 Å².